The SMILES string of the molecule is Cc1ccc(F)cc1C(O)c1ccc(Br)cc1Cl. The summed E-state index contributed by atoms with van der Waals surface area (Å²) in [7, 11) is 0. The van der Waals surface area contributed by atoms with Gasteiger partial charge >= 0.3 is 0 Å². The van der Waals surface area contributed by atoms with Gasteiger partial charge in [0.2, 0.25) is 0 Å². The van der Waals surface area contributed by atoms with Crippen LogP contribution in [0.5, 0.6) is 0 Å². The summed E-state index contributed by atoms with van der Waals surface area (Å²) in [6.45, 7) is 1.82. The summed E-state index contributed by atoms with van der Waals surface area (Å²) in [6.07, 6.45) is -0.929. The van der Waals surface area contributed by atoms with Crippen LogP contribution in [0.25, 0.3) is 0 Å². The predicted octanol–water partition coefficient (Wildman–Crippen LogP) is 4.63. The second kappa shape index (κ2) is 5.39. The maximum absolute atomic E-state index is 13.2. The van der Waals surface area contributed by atoms with E-state index in [9.17, 15) is 9.50 Å². The van der Waals surface area contributed by atoms with Crippen LogP contribution in [0.3, 0.4) is 0 Å². The molecule has 0 aromatic heterocycles. The molecule has 0 bridgehead atoms. The summed E-state index contributed by atoms with van der Waals surface area (Å²) in [6, 6.07) is 9.56. The first-order valence-corrected chi connectivity index (χ1v) is 6.55. The van der Waals surface area contributed by atoms with E-state index in [1.807, 2.05) is 6.92 Å². The van der Waals surface area contributed by atoms with Crippen molar-refractivity contribution in [3.8, 4) is 0 Å². The van der Waals surface area contributed by atoms with E-state index in [0.717, 1.165) is 10.0 Å². The van der Waals surface area contributed by atoms with Crippen LogP contribution in [0.1, 0.15) is 22.8 Å². The smallest absolute Gasteiger partial charge is 0.123 e. The first-order chi connectivity index (χ1) is 8.49. The Morgan fingerprint density at radius 3 is 2.56 bits per heavy atom. The van der Waals surface area contributed by atoms with E-state index in [-0.39, 0.29) is 5.82 Å². The van der Waals surface area contributed by atoms with Gasteiger partial charge in [-0.1, -0.05) is 39.7 Å². The van der Waals surface area contributed by atoms with Gasteiger partial charge in [-0.05, 0) is 42.3 Å². The number of aliphatic hydroxyl groups excluding tert-OH is 1. The molecule has 1 atom stereocenters. The topological polar surface area (TPSA) is 20.2 Å². The summed E-state index contributed by atoms with van der Waals surface area (Å²) in [5.74, 6) is -0.372. The number of aliphatic hydroxyl groups is 1. The fraction of sp³-hybridized carbons (Fsp3) is 0.143. The molecular weight excluding hydrogens is 319 g/mol. The van der Waals surface area contributed by atoms with Crippen molar-refractivity contribution in [1.82, 2.24) is 0 Å². The molecule has 0 aliphatic carbocycles. The van der Waals surface area contributed by atoms with E-state index in [0.29, 0.717) is 16.1 Å². The summed E-state index contributed by atoms with van der Waals surface area (Å²) in [4.78, 5) is 0. The van der Waals surface area contributed by atoms with Gasteiger partial charge in [-0.15, -0.1) is 0 Å². The van der Waals surface area contributed by atoms with Crippen LogP contribution in [0.15, 0.2) is 40.9 Å². The molecule has 4 heteroatoms. The lowest BCUT2D eigenvalue weighted by molar-refractivity contribution is 0.219. The van der Waals surface area contributed by atoms with Crippen molar-refractivity contribution in [2.24, 2.45) is 0 Å². The molecule has 1 nitrogen and oxygen atoms in total. The lowest BCUT2D eigenvalue weighted by atomic mass is 9.97. The zero-order valence-corrected chi connectivity index (χ0v) is 12.0. The van der Waals surface area contributed by atoms with Gasteiger partial charge in [0.1, 0.15) is 11.9 Å². The molecule has 0 aliphatic rings. The summed E-state index contributed by atoms with van der Waals surface area (Å²) >= 11 is 9.38. The van der Waals surface area contributed by atoms with Crippen LogP contribution in [0.2, 0.25) is 5.02 Å². The second-order valence-corrected chi connectivity index (χ2v) is 5.39. The van der Waals surface area contributed by atoms with Gasteiger partial charge in [0.15, 0.2) is 0 Å². The number of benzene rings is 2. The molecule has 0 spiro atoms. The molecule has 0 radical (unpaired) electrons. The largest absolute Gasteiger partial charge is 0.384 e. The zero-order chi connectivity index (χ0) is 13.3. The molecule has 0 aliphatic heterocycles. The van der Waals surface area contributed by atoms with E-state index in [1.165, 1.54) is 12.1 Å². The fourth-order valence-electron chi connectivity index (χ4n) is 1.80. The molecule has 94 valence electrons. The first-order valence-electron chi connectivity index (χ1n) is 5.38. The Bertz CT molecular complexity index is 586. The standard InChI is InChI=1S/C14H11BrClFO/c1-8-2-4-10(17)7-12(8)14(18)11-5-3-9(15)6-13(11)16/h2-7,14,18H,1H3. The third kappa shape index (κ3) is 2.74. The Morgan fingerprint density at radius 2 is 1.89 bits per heavy atom. The Balaban J connectivity index is 2.47. The van der Waals surface area contributed by atoms with Crippen molar-refractivity contribution in [3.63, 3.8) is 0 Å². The average Bonchev–Trinajstić information content (AvgIpc) is 2.31. The summed E-state index contributed by atoms with van der Waals surface area (Å²) in [5, 5.41) is 10.7. The first kappa shape index (κ1) is 13.5. The highest BCUT2D eigenvalue weighted by molar-refractivity contribution is 9.10. The Hall–Kier alpha value is -0.900. The minimum atomic E-state index is -0.929. The second-order valence-electron chi connectivity index (χ2n) is 4.07. The highest BCUT2D eigenvalue weighted by Gasteiger charge is 2.16. The molecule has 2 aromatic carbocycles. The molecule has 0 saturated heterocycles. The molecule has 0 fully saturated rings. The fourth-order valence-corrected chi connectivity index (χ4v) is 2.57. The lowest BCUT2D eigenvalue weighted by Gasteiger charge is -2.15. The van der Waals surface area contributed by atoms with E-state index in [1.54, 1.807) is 24.3 Å². The highest BCUT2D eigenvalue weighted by Crippen LogP contribution is 2.32. The molecular formula is C14H11BrClFO. The van der Waals surface area contributed by atoms with Gasteiger partial charge in [-0.3, -0.25) is 0 Å². The minimum absolute atomic E-state index is 0.372. The van der Waals surface area contributed by atoms with Gasteiger partial charge in [0.05, 0.1) is 0 Å². The number of hydrogen-bond acceptors (Lipinski definition) is 1. The van der Waals surface area contributed by atoms with Crippen molar-refractivity contribution < 1.29 is 9.50 Å². The van der Waals surface area contributed by atoms with Crippen LogP contribution in [0.4, 0.5) is 4.39 Å². The summed E-state index contributed by atoms with van der Waals surface area (Å²) < 4.78 is 14.1. The summed E-state index contributed by atoms with van der Waals surface area (Å²) in [5.41, 5.74) is 1.91. The number of hydrogen-bond donors (Lipinski definition) is 1. The number of rotatable bonds is 2. The molecule has 0 heterocycles. The Labute approximate surface area is 118 Å². The maximum atomic E-state index is 13.2. The normalized spacial score (nSPS) is 12.5. The maximum Gasteiger partial charge on any atom is 0.123 e. The van der Waals surface area contributed by atoms with E-state index < -0.39 is 6.10 Å². The molecule has 18 heavy (non-hydrogen) atoms. The monoisotopic (exact) mass is 328 g/mol. The van der Waals surface area contributed by atoms with Crippen LogP contribution < -0.4 is 0 Å². The highest BCUT2D eigenvalue weighted by atomic mass is 79.9. The Kier molecular flexibility index (Phi) is 4.05. The number of aryl methyl sites for hydroxylation is 1. The number of halogens is 3. The van der Waals surface area contributed by atoms with E-state index in [2.05, 4.69) is 15.9 Å². The molecule has 1 N–H and O–H groups in total. The van der Waals surface area contributed by atoms with Gasteiger partial charge < -0.3 is 5.11 Å². The van der Waals surface area contributed by atoms with Crippen molar-refractivity contribution in [3.05, 3.63) is 68.4 Å². The minimum Gasteiger partial charge on any atom is -0.384 e. The molecule has 1 unspecified atom stereocenters. The van der Waals surface area contributed by atoms with Gasteiger partial charge in [0.25, 0.3) is 0 Å². The van der Waals surface area contributed by atoms with Crippen LogP contribution in [0, 0.1) is 12.7 Å². The van der Waals surface area contributed by atoms with Gasteiger partial charge in [-0.25, -0.2) is 4.39 Å². The van der Waals surface area contributed by atoms with Gasteiger partial charge in [0, 0.05) is 15.1 Å². The lowest BCUT2D eigenvalue weighted by Crippen LogP contribution is -2.03. The van der Waals surface area contributed by atoms with E-state index >= 15 is 0 Å². The molecule has 0 saturated carbocycles. The molecule has 2 rings (SSSR count). The van der Waals surface area contributed by atoms with Crippen molar-refractivity contribution in [2.45, 2.75) is 13.0 Å². The van der Waals surface area contributed by atoms with Crippen LogP contribution >= 0.6 is 27.5 Å². The third-order valence-electron chi connectivity index (χ3n) is 2.79. The molecule has 2 aromatic rings. The average molecular weight is 330 g/mol. The third-order valence-corrected chi connectivity index (χ3v) is 3.61. The Morgan fingerprint density at radius 1 is 1.17 bits per heavy atom. The zero-order valence-electron chi connectivity index (χ0n) is 9.62. The van der Waals surface area contributed by atoms with Gasteiger partial charge in [-0.2, -0.15) is 0 Å². The molecule has 0 amide bonds. The van der Waals surface area contributed by atoms with Crippen LogP contribution in [-0.4, -0.2) is 5.11 Å². The predicted molar refractivity (Wildman–Crippen MR) is 74.4 cm³/mol. The van der Waals surface area contributed by atoms with Crippen LogP contribution in [-0.2, 0) is 0 Å². The van der Waals surface area contributed by atoms with Crippen molar-refractivity contribution in [2.75, 3.05) is 0 Å². The van der Waals surface area contributed by atoms with Crippen molar-refractivity contribution in [1.29, 1.82) is 0 Å². The quantitative estimate of drug-likeness (QED) is 0.851. The van der Waals surface area contributed by atoms with Crippen molar-refractivity contribution >= 4 is 27.5 Å². The van der Waals surface area contributed by atoms with E-state index in [4.69, 9.17) is 11.6 Å².